The minimum absolute atomic E-state index is 0.174. The Morgan fingerprint density at radius 1 is 1.03 bits per heavy atom. The molecule has 0 aliphatic heterocycles. The van der Waals surface area contributed by atoms with Crippen LogP contribution in [0.4, 0.5) is 0 Å². The maximum Gasteiger partial charge on any atom is 0.236 e. The Balaban J connectivity index is 0.000000360. The van der Waals surface area contributed by atoms with E-state index in [1.54, 1.807) is 4.90 Å². The van der Waals surface area contributed by atoms with E-state index in [1.807, 2.05) is 80.3 Å². The molecule has 8 nitrogen and oxygen atoms in total. The molecule has 1 unspecified atom stereocenters. The summed E-state index contributed by atoms with van der Waals surface area (Å²) in [7, 11) is 7.09. The molecule has 204 valence electrons. The summed E-state index contributed by atoms with van der Waals surface area (Å²) in [5.41, 5.74) is 10.5. The van der Waals surface area contributed by atoms with Crippen molar-refractivity contribution in [1.82, 2.24) is 29.4 Å². The van der Waals surface area contributed by atoms with Crippen LogP contribution in [0.25, 0.3) is 28.0 Å². The number of fused-ring (bicyclic) bond motifs is 1. The Labute approximate surface area is 235 Å². The first-order valence-electron chi connectivity index (χ1n) is 12.8. The minimum Gasteiger partial charge on any atom is -0.345 e. The topological polar surface area (TPSA) is 92.6 Å². The average molecular weight is 583 g/mol. The van der Waals surface area contributed by atoms with E-state index in [0.29, 0.717) is 12.5 Å². The van der Waals surface area contributed by atoms with Crippen LogP contribution < -0.4 is 5.73 Å². The van der Waals surface area contributed by atoms with Gasteiger partial charge in [0.1, 0.15) is 0 Å². The Bertz CT molecular complexity index is 1270. The van der Waals surface area contributed by atoms with Crippen molar-refractivity contribution in [3.63, 3.8) is 0 Å². The molecule has 4 rings (SSSR count). The van der Waals surface area contributed by atoms with Gasteiger partial charge in [-0.05, 0) is 62.4 Å². The van der Waals surface area contributed by atoms with Crippen molar-refractivity contribution >= 4 is 27.5 Å². The van der Waals surface area contributed by atoms with Gasteiger partial charge in [0.2, 0.25) is 5.91 Å². The van der Waals surface area contributed by atoms with Crippen LogP contribution in [0.3, 0.4) is 0 Å². The molecule has 0 saturated carbocycles. The maximum absolute atomic E-state index is 11.1. The van der Waals surface area contributed by atoms with Crippen LogP contribution in [0.2, 0.25) is 0 Å². The zero-order valence-corrected chi connectivity index (χ0v) is 25.1. The van der Waals surface area contributed by atoms with Crippen molar-refractivity contribution < 1.29 is 4.79 Å². The van der Waals surface area contributed by atoms with Gasteiger partial charge < -0.3 is 15.5 Å². The molecule has 9 heteroatoms. The summed E-state index contributed by atoms with van der Waals surface area (Å²) < 4.78 is 2.81. The molecule has 0 aliphatic carbocycles. The Morgan fingerprint density at radius 2 is 1.71 bits per heavy atom. The number of aromatic nitrogens is 4. The van der Waals surface area contributed by atoms with Crippen molar-refractivity contribution in [2.45, 2.75) is 33.1 Å². The SMILES string of the molecule is CCC(C)c1nc2c(-c3ccc(-c4ccccc4)nc3)cnn2cc1Br.CCN(C)C(=O)CN(C)C.CN. The number of hydrogen-bond acceptors (Lipinski definition) is 6. The number of carbonyl (C=O) groups excluding carboxylic acids is 1. The second-order valence-corrected chi connectivity index (χ2v) is 9.91. The molecule has 0 aliphatic rings. The van der Waals surface area contributed by atoms with Gasteiger partial charge in [0.25, 0.3) is 0 Å². The van der Waals surface area contributed by atoms with Crippen LogP contribution in [-0.2, 0) is 4.79 Å². The van der Waals surface area contributed by atoms with Crippen LogP contribution in [-0.4, -0.2) is 76.6 Å². The quantitative estimate of drug-likeness (QED) is 0.317. The lowest BCUT2D eigenvalue weighted by molar-refractivity contribution is -0.130. The molecule has 1 atom stereocenters. The largest absolute Gasteiger partial charge is 0.345 e. The number of halogens is 1. The fraction of sp³-hybridized carbons (Fsp3) is 0.379. The molecular weight excluding hydrogens is 542 g/mol. The van der Waals surface area contributed by atoms with Gasteiger partial charge in [-0.25, -0.2) is 9.50 Å². The summed E-state index contributed by atoms with van der Waals surface area (Å²) in [6, 6.07) is 14.3. The van der Waals surface area contributed by atoms with Gasteiger partial charge in [0, 0.05) is 42.7 Å². The Morgan fingerprint density at radius 3 is 2.26 bits per heavy atom. The van der Waals surface area contributed by atoms with E-state index in [0.717, 1.165) is 51.2 Å². The van der Waals surface area contributed by atoms with E-state index < -0.39 is 0 Å². The number of hydrogen-bond donors (Lipinski definition) is 1. The van der Waals surface area contributed by atoms with Crippen molar-refractivity contribution in [2.24, 2.45) is 5.73 Å². The minimum atomic E-state index is 0.174. The maximum atomic E-state index is 11.1. The second kappa shape index (κ2) is 15.3. The van der Waals surface area contributed by atoms with Gasteiger partial charge in [-0.2, -0.15) is 5.10 Å². The molecule has 0 bridgehead atoms. The van der Waals surface area contributed by atoms with Gasteiger partial charge in [0.15, 0.2) is 5.65 Å². The highest BCUT2D eigenvalue weighted by Gasteiger charge is 2.15. The molecule has 38 heavy (non-hydrogen) atoms. The number of likely N-dealkylation sites (N-methyl/N-ethyl adjacent to an activating group) is 2. The van der Waals surface area contributed by atoms with Crippen LogP contribution in [0, 0.1) is 0 Å². The van der Waals surface area contributed by atoms with Crippen LogP contribution in [0.1, 0.15) is 38.8 Å². The first-order chi connectivity index (χ1) is 18.2. The number of pyridine rings is 1. The molecule has 0 fully saturated rings. The van der Waals surface area contributed by atoms with E-state index in [9.17, 15) is 4.79 Å². The van der Waals surface area contributed by atoms with E-state index in [4.69, 9.17) is 4.98 Å². The van der Waals surface area contributed by atoms with Gasteiger partial charge in [-0.15, -0.1) is 0 Å². The highest BCUT2D eigenvalue weighted by molar-refractivity contribution is 9.10. The average Bonchev–Trinajstić information content (AvgIpc) is 3.35. The van der Waals surface area contributed by atoms with Crippen LogP contribution >= 0.6 is 15.9 Å². The summed E-state index contributed by atoms with van der Waals surface area (Å²) in [6.07, 6.45) is 6.78. The summed E-state index contributed by atoms with van der Waals surface area (Å²) >= 11 is 3.62. The van der Waals surface area contributed by atoms with E-state index in [1.165, 1.54) is 7.05 Å². The molecule has 4 aromatic rings. The lowest BCUT2D eigenvalue weighted by atomic mass is 10.0. The highest BCUT2D eigenvalue weighted by Crippen LogP contribution is 2.30. The summed E-state index contributed by atoms with van der Waals surface area (Å²) in [6.45, 7) is 7.62. The second-order valence-electron chi connectivity index (χ2n) is 9.05. The Kier molecular flexibility index (Phi) is 12.5. The number of benzene rings is 1. The Hall–Kier alpha value is -3.14. The summed E-state index contributed by atoms with van der Waals surface area (Å²) in [4.78, 5) is 24.2. The predicted molar refractivity (Wildman–Crippen MR) is 160 cm³/mol. The fourth-order valence-corrected chi connectivity index (χ4v) is 4.22. The molecule has 1 aromatic carbocycles. The monoisotopic (exact) mass is 581 g/mol. The smallest absolute Gasteiger partial charge is 0.236 e. The van der Waals surface area contributed by atoms with Crippen molar-refractivity contribution in [3.8, 4) is 22.4 Å². The van der Waals surface area contributed by atoms with Gasteiger partial charge in [-0.1, -0.05) is 50.2 Å². The lowest BCUT2D eigenvalue weighted by Gasteiger charge is -2.16. The normalized spacial score (nSPS) is 11.3. The van der Waals surface area contributed by atoms with Crippen molar-refractivity contribution in [2.75, 3.05) is 41.3 Å². The first kappa shape index (κ1) is 31.1. The number of nitrogens with two attached hydrogens (primary N) is 1. The number of rotatable bonds is 7. The number of carbonyl (C=O) groups is 1. The van der Waals surface area contributed by atoms with Crippen LogP contribution in [0.15, 0.2) is 65.5 Å². The number of amides is 1. The van der Waals surface area contributed by atoms with Crippen LogP contribution in [0.5, 0.6) is 0 Å². The molecular formula is C29H40BrN7O. The zero-order valence-electron chi connectivity index (χ0n) is 23.5. The van der Waals surface area contributed by atoms with E-state index in [-0.39, 0.29) is 5.91 Å². The van der Waals surface area contributed by atoms with E-state index in [2.05, 4.69) is 63.8 Å². The van der Waals surface area contributed by atoms with Gasteiger partial charge in [0.05, 0.1) is 28.6 Å². The summed E-state index contributed by atoms with van der Waals surface area (Å²) in [5, 5.41) is 4.46. The van der Waals surface area contributed by atoms with Gasteiger partial charge in [-0.3, -0.25) is 9.78 Å². The van der Waals surface area contributed by atoms with Crippen molar-refractivity contribution in [1.29, 1.82) is 0 Å². The molecule has 1 amide bonds. The third-order valence-corrected chi connectivity index (χ3v) is 6.66. The standard InChI is InChI=1S/C21H19BrN4.C7H16N2O.CH5N/c1-3-14(2)20-18(22)13-26-21(25-20)17(12-24-26)16-9-10-19(23-11-16)15-7-5-4-6-8-15;1-5-9(4)7(10)6-8(2)3;1-2/h4-14H,3H2,1-2H3;5-6H2,1-4H3;2H2,1H3. The predicted octanol–water partition coefficient (Wildman–Crippen LogP) is 5.34. The van der Waals surface area contributed by atoms with Crippen molar-refractivity contribution in [3.05, 3.63) is 71.2 Å². The highest BCUT2D eigenvalue weighted by atomic mass is 79.9. The molecule has 3 heterocycles. The third-order valence-electron chi connectivity index (χ3n) is 6.05. The number of nitrogens with zero attached hydrogens (tertiary/aromatic N) is 6. The molecule has 0 spiro atoms. The fourth-order valence-electron chi connectivity index (χ4n) is 3.55. The zero-order chi connectivity index (χ0) is 28.2. The summed E-state index contributed by atoms with van der Waals surface area (Å²) in [5.74, 6) is 0.559. The lowest BCUT2D eigenvalue weighted by Crippen LogP contribution is -2.34. The molecule has 2 N–H and O–H groups in total. The van der Waals surface area contributed by atoms with Gasteiger partial charge >= 0.3 is 0 Å². The molecule has 0 radical (unpaired) electrons. The third kappa shape index (κ3) is 8.18. The molecule has 0 saturated heterocycles. The molecule has 3 aromatic heterocycles. The van der Waals surface area contributed by atoms with E-state index >= 15 is 0 Å². The first-order valence-corrected chi connectivity index (χ1v) is 13.6.